The van der Waals surface area contributed by atoms with Gasteiger partial charge in [0.25, 0.3) is 5.56 Å². The number of hydrogen-bond donors (Lipinski definition) is 2. The molecule has 1 aliphatic rings. The summed E-state index contributed by atoms with van der Waals surface area (Å²) in [7, 11) is 0. The van der Waals surface area contributed by atoms with Crippen LogP contribution in [0.2, 0.25) is 0 Å². The molecule has 3 aromatic rings. The zero-order valence-electron chi connectivity index (χ0n) is 13.1. The monoisotopic (exact) mass is 340 g/mol. The first kappa shape index (κ1) is 15.0. The highest BCUT2D eigenvalue weighted by Gasteiger charge is 2.15. The number of thioether (sulfide) groups is 1. The van der Waals surface area contributed by atoms with Gasteiger partial charge in [-0.05, 0) is 42.7 Å². The number of fused-ring (bicyclic) bond motifs is 2. The lowest BCUT2D eigenvalue weighted by molar-refractivity contribution is 0.174. The van der Waals surface area contributed by atoms with E-state index in [1.807, 2.05) is 30.5 Å². The maximum atomic E-state index is 12.3. The average molecular weight is 340 g/mol. The molecule has 0 fully saturated rings. The van der Waals surface area contributed by atoms with Gasteiger partial charge in [0.1, 0.15) is 0 Å². The Morgan fingerprint density at radius 3 is 2.62 bits per heavy atom. The Morgan fingerprint density at radius 1 is 1.12 bits per heavy atom. The molecule has 0 unspecified atom stereocenters. The number of nitrogens with one attached hydrogen (secondary N) is 2. The molecule has 0 bridgehead atoms. The molecule has 0 atom stereocenters. The Balaban J connectivity index is 1.60. The first-order chi connectivity index (χ1) is 11.7. The number of hydrogen-bond acceptors (Lipinski definition) is 5. The number of benzene rings is 2. The largest absolute Gasteiger partial charge is 0.454 e. The molecule has 2 N–H and O–H groups in total. The van der Waals surface area contributed by atoms with Gasteiger partial charge in [-0.15, -0.1) is 11.8 Å². The first-order valence-corrected chi connectivity index (χ1v) is 8.79. The van der Waals surface area contributed by atoms with Crippen molar-refractivity contribution in [2.75, 3.05) is 18.4 Å². The number of aromatic nitrogens is 1. The summed E-state index contributed by atoms with van der Waals surface area (Å²) >= 11 is 1.70. The topological polar surface area (TPSA) is 63.4 Å². The van der Waals surface area contributed by atoms with Crippen molar-refractivity contribution in [2.24, 2.45) is 0 Å². The Labute approximate surface area is 143 Å². The predicted octanol–water partition coefficient (Wildman–Crippen LogP) is 3.59. The highest BCUT2D eigenvalue weighted by Crippen LogP contribution is 2.35. The second-order valence-electron chi connectivity index (χ2n) is 5.50. The van der Waals surface area contributed by atoms with Crippen molar-refractivity contribution < 1.29 is 9.47 Å². The molecule has 5 nitrogen and oxygen atoms in total. The molecule has 2 aromatic carbocycles. The van der Waals surface area contributed by atoms with Crippen LogP contribution in [0.5, 0.6) is 11.5 Å². The zero-order valence-corrected chi connectivity index (χ0v) is 13.9. The van der Waals surface area contributed by atoms with Gasteiger partial charge in [0, 0.05) is 34.1 Å². The summed E-state index contributed by atoms with van der Waals surface area (Å²) in [5.41, 5.74) is 2.31. The van der Waals surface area contributed by atoms with Crippen LogP contribution in [-0.4, -0.2) is 18.0 Å². The van der Waals surface area contributed by atoms with Crippen molar-refractivity contribution in [3.05, 3.63) is 58.4 Å². The average Bonchev–Trinajstić information content (AvgIpc) is 3.05. The van der Waals surface area contributed by atoms with E-state index in [4.69, 9.17) is 9.47 Å². The summed E-state index contributed by atoms with van der Waals surface area (Å²) in [6, 6.07) is 13.7. The third-order valence-electron chi connectivity index (χ3n) is 3.99. The van der Waals surface area contributed by atoms with Crippen LogP contribution in [-0.2, 0) is 6.54 Å². The molecule has 0 saturated heterocycles. The summed E-state index contributed by atoms with van der Waals surface area (Å²) < 4.78 is 10.7. The molecule has 6 heteroatoms. The third kappa shape index (κ3) is 2.80. The van der Waals surface area contributed by atoms with Gasteiger partial charge < -0.3 is 19.8 Å². The summed E-state index contributed by atoms with van der Waals surface area (Å²) in [6.07, 6.45) is 2.04. The lowest BCUT2D eigenvalue weighted by atomic mass is 10.1. The van der Waals surface area contributed by atoms with Crippen molar-refractivity contribution >= 4 is 28.4 Å². The Hall–Kier alpha value is -2.60. The van der Waals surface area contributed by atoms with Crippen LogP contribution in [0.15, 0.2) is 52.2 Å². The second-order valence-corrected chi connectivity index (χ2v) is 6.38. The number of anilines is 1. The quantitative estimate of drug-likeness (QED) is 0.711. The fraction of sp³-hybridized carbons (Fsp3) is 0.167. The maximum Gasteiger partial charge on any atom is 0.253 e. The molecule has 24 heavy (non-hydrogen) atoms. The van der Waals surface area contributed by atoms with Crippen LogP contribution in [0.4, 0.5) is 5.69 Å². The van der Waals surface area contributed by atoms with Gasteiger partial charge in [0.05, 0.1) is 5.52 Å². The van der Waals surface area contributed by atoms with Crippen LogP contribution in [0.3, 0.4) is 0 Å². The summed E-state index contributed by atoms with van der Waals surface area (Å²) in [4.78, 5) is 16.4. The first-order valence-electron chi connectivity index (χ1n) is 7.56. The molecule has 0 radical (unpaired) electrons. The van der Waals surface area contributed by atoms with E-state index in [0.717, 1.165) is 16.6 Å². The van der Waals surface area contributed by atoms with E-state index in [9.17, 15) is 4.79 Å². The van der Waals surface area contributed by atoms with Crippen molar-refractivity contribution in [3.8, 4) is 11.5 Å². The molecule has 122 valence electrons. The third-order valence-corrected chi connectivity index (χ3v) is 4.73. The van der Waals surface area contributed by atoms with Gasteiger partial charge >= 0.3 is 0 Å². The van der Waals surface area contributed by atoms with Crippen molar-refractivity contribution in [1.29, 1.82) is 0 Å². The fourth-order valence-corrected chi connectivity index (χ4v) is 3.09. The summed E-state index contributed by atoms with van der Waals surface area (Å²) in [6.45, 7) is 0.675. The number of aromatic amines is 1. The van der Waals surface area contributed by atoms with Crippen LogP contribution in [0, 0.1) is 0 Å². The molecule has 1 aliphatic heterocycles. The SMILES string of the molecule is CSc1ccc(NCc2cc3cc4c(cc3[nH]c2=O)OCO4)cc1. The van der Waals surface area contributed by atoms with E-state index in [0.29, 0.717) is 23.6 Å². The lowest BCUT2D eigenvalue weighted by Crippen LogP contribution is -2.15. The van der Waals surface area contributed by atoms with Gasteiger partial charge in [0.15, 0.2) is 11.5 Å². The van der Waals surface area contributed by atoms with Crippen molar-refractivity contribution in [1.82, 2.24) is 4.98 Å². The standard InChI is InChI=1S/C18H16N2O3S/c1-24-14-4-2-13(3-5-14)19-9-12-6-11-7-16-17(23-10-22-16)8-15(11)20-18(12)21/h2-8,19H,9-10H2,1H3,(H,20,21). The minimum absolute atomic E-state index is 0.102. The van der Waals surface area contributed by atoms with Crippen molar-refractivity contribution in [2.45, 2.75) is 11.4 Å². The second kappa shape index (κ2) is 6.13. The van der Waals surface area contributed by atoms with E-state index in [1.54, 1.807) is 17.8 Å². The van der Waals surface area contributed by atoms with Crippen molar-refractivity contribution in [3.63, 3.8) is 0 Å². The minimum atomic E-state index is -0.102. The number of pyridine rings is 1. The molecular weight excluding hydrogens is 324 g/mol. The smallest absolute Gasteiger partial charge is 0.253 e. The van der Waals surface area contributed by atoms with Crippen LogP contribution in [0.1, 0.15) is 5.56 Å². The van der Waals surface area contributed by atoms with Gasteiger partial charge in [-0.3, -0.25) is 4.79 Å². The molecule has 0 aliphatic carbocycles. The predicted molar refractivity (Wildman–Crippen MR) is 96.2 cm³/mol. The highest BCUT2D eigenvalue weighted by atomic mass is 32.2. The Bertz CT molecular complexity index is 951. The highest BCUT2D eigenvalue weighted by molar-refractivity contribution is 7.98. The minimum Gasteiger partial charge on any atom is -0.454 e. The van der Waals surface area contributed by atoms with E-state index in [2.05, 4.69) is 22.4 Å². The molecule has 0 saturated carbocycles. The Morgan fingerprint density at radius 2 is 1.88 bits per heavy atom. The lowest BCUT2D eigenvalue weighted by Gasteiger charge is -2.08. The van der Waals surface area contributed by atoms with E-state index in [1.165, 1.54) is 4.90 Å². The summed E-state index contributed by atoms with van der Waals surface area (Å²) in [5, 5.41) is 4.21. The molecular formula is C18H16N2O3S. The van der Waals surface area contributed by atoms with Crippen LogP contribution >= 0.6 is 11.8 Å². The maximum absolute atomic E-state index is 12.3. The van der Waals surface area contributed by atoms with E-state index >= 15 is 0 Å². The number of rotatable bonds is 4. The molecule has 0 spiro atoms. The molecule has 0 amide bonds. The van der Waals surface area contributed by atoms with Gasteiger partial charge in [-0.1, -0.05) is 0 Å². The van der Waals surface area contributed by atoms with Gasteiger partial charge in [-0.2, -0.15) is 0 Å². The van der Waals surface area contributed by atoms with E-state index in [-0.39, 0.29) is 12.4 Å². The van der Waals surface area contributed by atoms with Crippen LogP contribution < -0.4 is 20.3 Å². The molecule has 2 heterocycles. The number of H-pyrrole nitrogens is 1. The Kier molecular flexibility index (Phi) is 3.82. The fourth-order valence-electron chi connectivity index (χ4n) is 2.68. The van der Waals surface area contributed by atoms with E-state index < -0.39 is 0 Å². The molecule has 1 aromatic heterocycles. The van der Waals surface area contributed by atoms with Gasteiger partial charge in [-0.25, -0.2) is 0 Å². The molecule has 4 rings (SSSR count). The number of ether oxygens (including phenoxy) is 2. The normalized spacial score (nSPS) is 12.5. The zero-order chi connectivity index (χ0) is 16.5. The van der Waals surface area contributed by atoms with Gasteiger partial charge in [0.2, 0.25) is 6.79 Å². The summed E-state index contributed by atoms with van der Waals surface area (Å²) in [5.74, 6) is 1.37. The van der Waals surface area contributed by atoms with Crippen LogP contribution in [0.25, 0.3) is 10.9 Å².